The molecular weight excluding hydrogens is 578 g/mol. The Morgan fingerprint density at radius 2 is 2.02 bits per heavy atom. The summed E-state index contributed by atoms with van der Waals surface area (Å²) in [7, 11) is 0. The summed E-state index contributed by atoms with van der Waals surface area (Å²) in [5.41, 5.74) is 0.313. The van der Waals surface area contributed by atoms with E-state index in [1.807, 2.05) is 29.5 Å². The summed E-state index contributed by atoms with van der Waals surface area (Å²) in [5, 5.41) is 0.758. The molecule has 0 unspecified atom stereocenters. The first-order valence-corrected chi connectivity index (χ1v) is 14.6. The molecule has 0 bridgehead atoms. The Kier molecular flexibility index (Phi) is 7.68. The number of rotatable bonds is 7. The number of benzene rings is 2. The highest BCUT2D eigenvalue weighted by atomic mass is 35.5. The van der Waals surface area contributed by atoms with E-state index in [0.29, 0.717) is 42.8 Å². The van der Waals surface area contributed by atoms with Crippen LogP contribution in [0.15, 0.2) is 60.4 Å². The van der Waals surface area contributed by atoms with Gasteiger partial charge in [0.1, 0.15) is 24.1 Å². The van der Waals surface area contributed by atoms with E-state index in [1.165, 1.54) is 12.1 Å². The number of halogens is 3. The third kappa shape index (κ3) is 5.15. The summed E-state index contributed by atoms with van der Waals surface area (Å²) in [6, 6.07) is 4.25. The average molecular weight is 609 g/mol. The van der Waals surface area contributed by atoms with E-state index in [0.717, 1.165) is 18.6 Å². The highest BCUT2D eigenvalue weighted by Crippen LogP contribution is 2.47. The second kappa shape index (κ2) is 11.4. The molecule has 2 aliphatic heterocycles. The van der Waals surface area contributed by atoms with Crippen LogP contribution in [0.3, 0.4) is 0 Å². The van der Waals surface area contributed by atoms with Crippen molar-refractivity contribution >= 4 is 34.2 Å². The minimum atomic E-state index is -0.794. The van der Waals surface area contributed by atoms with Crippen molar-refractivity contribution in [2.75, 3.05) is 24.6 Å². The van der Waals surface area contributed by atoms with Gasteiger partial charge < -0.3 is 19.1 Å². The van der Waals surface area contributed by atoms with Crippen LogP contribution in [0.5, 0.6) is 5.75 Å². The predicted octanol–water partition coefficient (Wildman–Crippen LogP) is 5.22. The van der Waals surface area contributed by atoms with Crippen molar-refractivity contribution in [3.63, 3.8) is 0 Å². The van der Waals surface area contributed by atoms with Crippen LogP contribution in [0.4, 0.5) is 14.6 Å². The fourth-order valence-electron chi connectivity index (χ4n) is 6.21. The van der Waals surface area contributed by atoms with Gasteiger partial charge in [-0.2, -0.15) is 4.98 Å². The maximum absolute atomic E-state index is 15.1. The molecule has 0 saturated carbocycles. The quantitative estimate of drug-likeness (QED) is 0.268. The van der Waals surface area contributed by atoms with Crippen LogP contribution >= 0.6 is 11.6 Å². The summed E-state index contributed by atoms with van der Waals surface area (Å²) in [5.74, 6) is -1.01. The summed E-state index contributed by atoms with van der Waals surface area (Å²) < 4.78 is 38.9. The number of aromatic nitrogens is 4. The molecular formula is C31H31ClF2N6O3. The molecule has 1 amide bonds. The third-order valence-corrected chi connectivity index (χ3v) is 8.61. The summed E-state index contributed by atoms with van der Waals surface area (Å²) in [6.07, 6.45) is 7.99. The minimum absolute atomic E-state index is 0.0674. The SMILES string of the molecule is C=CC(=O)N1C[C@H](C)N(c2nc(=O)n3c4c(c(-c5ccc(F)cc5F)c(Cl)cc24)OC[C@H]3CCCn2ccnc2)C[C@H]1C. The van der Waals surface area contributed by atoms with E-state index in [4.69, 9.17) is 16.3 Å². The number of hydrogen-bond acceptors (Lipinski definition) is 6. The lowest BCUT2D eigenvalue weighted by atomic mass is 9.98. The number of carbonyl (C=O) groups is 1. The zero-order chi connectivity index (χ0) is 30.4. The Bertz CT molecular complexity index is 1780. The molecule has 2 aromatic carbocycles. The molecule has 0 spiro atoms. The van der Waals surface area contributed by atoms with Crippen molar-refractivity contribution in [1.82, 2.24) is 24.0 Å². The van der Waals surface area contributed by atoms with E-state index in [2.05, 4.69) is 16.5 Å². The van der Waals surface area contributed by atoms with Crippen molar-refractivity contribution in [2.24, 2.45) is 0 Å². The summed E-state index contributed by atoms with van der Waals surface area (Å²) in [6.45, 7) is 9.19. The van der Waals surface area contributed by atoms with Gasteiger partial charge in [-0.25, -0.2) is 18.6 Å². The number of imidazole rings is 1. The van der Waals surface area contributed by atoms with Crippen molar-refractivity contribution in [3.05, 3.63) is 82.8 Å². The zero-order valence-electron chi connectivity index (χ0n) is 23.8. The smallest absolute Gasteiger partial charge is 0.350 e. The monoisotopic (exact) mass is 608 g/mol. The number of hydrogen-bond donors (Lipinski definition) is 0. The van der Waals surface area contributed by atoms with Gasteiger partial charge in [0.05, 0.1) is 22.9 Å². The molecule has 43 heavy (non-hydrogen) atoms. The maximum atomic E-state index is 15.1. The molecule has 9 nitrogen and oxygen atoms in total. The number of ether oxygens (including phenoxy) is 1. The lowest BCUT2D eigenvalue weighted by molar-refractivity contribution is -0.128. The number of piperazine rings is 1. The van der Waals surface area contributed by atoms with Crippen LogP contribution in [0.2, 0.25) is 5.02 Å². The van der Waals surface area contributed by atoms with Crippen LogP contribution in [0.25, 0.3) is 22.0 Å². The van der Waals surface area contributed by atoms with Gasteiger partial charge in [0.15, 0.2) is 5.75 Å². The standard InChI is InChI=1S/C31H31ClF2N6O3/c1-4-26(41)38-14-19(3)39(15-18(38)2)30-23-13-24(32)27(22-8-7-20(33)12-25(22)34)29-28(23)40(31(42)36-30)21(16-43-29)6-5-10-37-11-9-35-17-37/h4,7-9,11-13,17-19,21H,1,5-6,10,14-16H2,2-3H3/t18-,19+,21-/m1/s1. The molecule has 4 aromatic rings. The maximum Gasteiger partial charge on any atom is 0.350 e. The molecule has 0 N–H and O–H groups in total. The molecule has 1 fully saturated rings. The van der Waals surface area contributed by atoms with E-state index in [1.54, 1.807) is 28.1 Å². The Morgan fingerprint density at radius 1 is 1.21 bits per heavy atom. The van der Waals surface area contributed by atoms with Gasteiger partial charge in [-0.05, 0) is 51.0 Å². The highest BCUT2D eigenvalue weighted by Gasteiger charge is 2.36. The first kappa shape index (κ1) is 28.9. The Balaban J connectivity index is 1.50. The van der Waals surface area contributed by atoms with Gasteiger partial charge >= 0.3 is 5.69 Å². The first-order chi connectivity index (χ1) is 20.7. The van der Waals surface area contributed by atoms with Gasteiger partial charge in [-0.15, -0.1) is 0 Å². The molecule has 12 heteroatoms. The molecule has 1 saturated heterocycles. The number of nitrogens with zero attached hydrogens (tertiary/aromatic N) is 6. The lowest BCUT2D eigenvalue weighted by Crippen LogP contribution is -2.58. The van der Waals surface area contributed by atoms with Crippen molar-refractivity contribution in [3.8, 4) is 16.9 Å². The van der Waals surface area contributed by atoms with Gasteiger partial charge in [-0.3, -0.25) is 9.36 Å². The highest BCUT2D eigenvalue weighted by molar-refractivity contribution is 6.35. The molecule has 2 aromatic heterocycles. The molecule has 0 radical (unpaired) electrons. The largest absolute Gasteiger partial charge is 0.488 e. The van der Waals surface area contributed by atoms with Gasteiger partial charge in [-0.1, -0.05) is 18.2 Å². The minimum Gasteiger partial charge on any atom is -0.488 e. The van der Waals surface area contributed by atoms with Crippen LogP contribution in [-0.2, 0) is 11.3 Å². The predicted molar refractivity (Wildman–Crippen MR) is 161 cm³/mol. The van der Waals surface area contributed by atoms with Crippen molar-refractivity contribution in [1.29, 1.82) is 0 Å². The topological polar surface area (TPSA) is 85.5 Å². The van der Waals surface area contributed by atoms with Crippen LogP contribution in [-0.4, -0.2) is 61.7 Å². The van der Waals surface area contributed by atoms with Crippen LogP contribution < -0.4 is 15.3 Å². The average Bonchev–Trinajstić information content (AvgIpc) is 3.50. The number of anilines is 1. The Labute approximate surface area is 252 Å². The zero-order valence-corrected chi connectivity index (χ0v) is 24.6. The van der Waals surface area contributed by atoms with Gasteiger partial charge in [0, 0.05) is 66.7 Å². The second-order valence-corrected chi connectivity index (χ2v) is 11.5. The fraction of sp³-hybridized carbons (Fsp3) is 0.355. The Hall–Kier alpha value is -4.25. The molecule has 3 atom stereocenters. The van der Waals surface area contributed by atoms with E-state index >= 15 is 4.39 Å². The van der Waals surface area contributed by atoms with Crippen molar-refractivity contribution < 1.29 is 18.3 Å². The van der Waals surface area contributed by atoms with Crippen LogP contribution in [0, 0.1) is 11.6 Å². The molecule has 0 aliphatic carbocycles. The van der Waals surface area contributed by atoms with E-state index < -0.39 is 17.3 Å². The van der Waals surface area contributed by atoms with Crippen LogP contribution in [0.1, 0.15) is 32.7 Å². The van der Waals surface area contributed by atoms with Gasteiger partial charge in [0.25, 0.3) is 0 Å². The van der Waals surface area contributed by atoms with E-state index in [9.17, 15) is 14.0 Å². The van der Waals surface area contributed by atoms with Crippen molar-refractivity contribution in [2.45, 2.75) is 51.4 Å². The normalized spacial score (nSPS) is 19.9. The Morgan fingerprint density at radius 3 is 2.74 bits per heavy atom. The second-order valence-electron chi connectivity index (χ2n) is 11.1. The number of aryl methyl sites for hydroxylation is 1. The third-order valence-electron chi connectivity index (χ3n) is 8.31. The summed E-state index contributed by atoms with van der Waals surface area (Å²) in [4.78, 5) is 38.8. The fourth-order valence-corrected chi connectivity index (χ4v) is 6.51. The van der Waals surface area contributed by atoms with Gasteiger partial charge in [0.2, 0.25) is 5.91 Å². The molecule has 224 valence electrons. The summed E-state index contributed by atoms with van der Waals surface area (Å²) >= 11 is 6.84. The molecule has 4 heterocycles. The number of carbonyl (C=O) groups excluding carboxylic acids is 1. The number of amides is 1. The molecule has 2 aliphatic rings. The lowest BCUT2D eigenvalue weighted by Gasteiger charge is -2.45. The first-order valence-electron chi connectivity index (χ1n) is 14.2. The molecule has 6 rings (SSSR count). The van der Waals surface area contributed by atoms with E-state index in [-0.39, 0.29) is 52.5 Å².